The molecule has 1 aromatic carbocycles. The van der Waals surface area contributed by atoms with Gasteiger partial charge in [-0.05, 0) is 45.3 Å². The van der Waals surface area contributed by atoms with Crippen LogP contribution in [0, 0.1) is 0 Å². The zero-order valence-electron chi connectivity index (χ0n) is 13.7. The molecular weight excluding hydrogens is 312 g/mol. The fraction of sp³-hybridized carbons (Fsp3) is 0.353. The van der Waals surface area contributed by atoms with Gasteiger partial charge in [0.25, 0.3) is 0 Å². The van der Waals surface area contributed by atoms with Crippen LogP contribution in [0.5, 0.6) is 0 Å². The summed E-state index contributed by atoms with van der Waals surface area (Å²) in [6.07, 6.45) is 1.66. The zero-order chi connectivity index (χ0) is 16.8. The molecule has 6 heteroatoms. The van der Waals surface area contributed by atoms with E-state index in [4.69, 9.17) is 20.7 Å². The second kappa shape index (κ2) is 5.51. The minimum Gasteiger partial charge on any atom is -0.453 e. The number of rotatable bonds is 4. The normalized spacial score (nSPS) is 13.0. The highest BCUT2D eigenvalue weighted by Gasteiger charge is 2.35. The number of hydrogen-bond acceptors (Lipinski definition) is 4. The minimum absolute atomic E-state index is 0.349. The number of halogens is 1. The predicted octanol–water partition coefficient (Wildman–Crippen LogP) is 3.18. The summed E-state index contributed by atoms with van der Waals surface area (Å²) in [4.78, 5) is 4.06. The van der Waals surface area contributed by atoms with Crippen LogP contribution in [0.25, 0.3) is 21.9 Å². The molecule has 0 saturated carbocycles. The Morgan fingerprint density at radius 1 is 1.22 bits per heavy atom. The van der Waals surface area contributed by atoms with Gasteiger partial charge in [-0.15, -0.1) is 0 Å². The van der Waals surface area contributed by atoms with Crippen LogP contribution in [-0.2, 0) is 4.65 Å². The molecule has 0 saturated heterocycles. The van der Waals surface area contributed by atoms with Gasteiger partial charge in [-0.3, -0.25) is 0 Å². The summed E-state index contributed by atoms with van der Waals surface area (Å²) < 4.78 is 11.8. The molecule has 0 bridgehead atoms. The zero-order valence-corrected chi connectivity index (χ0v) is 14.4. The Morgan fingerprint density at radius 3 is 2.65 bits per heavy atom. The van der Waals surface area contributed by atoms with Gasteiger partial charge in [0.2, 0.25) is 0 Å². The fourth-order valence-corrected chi connectivity index (χ4v) is 2.55. The molecule has 0 aliphatic rings. The van der Waals surface area contributed by atoms with Crippen molar-refractivity contribution in [3.05, 3.63) is 35.6 Å². The molecule has 1 N–H and O–H groups in total. The highest BCUT2D eigenvalue weighted by Crippen LogP contribution is 2.31. The van der Waals surface area contributed by atoms with Gasteiger partial charge < -0.3 is 14.2 Å². The summed E-state index contributed by atoms with van der Waals surface area (Å²) in [5.41, 5.74) is 0.678. The Kier molecular flexibility index (Phi) is 3.91. The minimum atomic E-state index is -0.952. The van der Waals surface area contributed by atoms with E-state index < -0.39 is 11.2 Å². The van der Waals surface area contributed by atoms with E-state index in [1.54, 1.807) is 20.0 Å². The molecule has 2 aromatic heterocycles. The van der Waals surface area contributed by atoms with Crippen LogP contribution in [0.2, 0.25) is 5.15 Å². The van der Waals surface area contributed by atoms with Crippen molar-refractivity contribution >= 4 is 46.5 Å². The lowest BCUT2D eigenvalue weighted by Gasteiger charge is -2.37. The van der Waals surface area contributed by atoms with E-state index in [-0.39, 0.29) is 0 Å². The van der Waals surface area contributed by atoms with Crippen molar-refractivity contribution in [1.29, 1.82) is 0 Å². The van der Waals surface area contributed by atoms with E-state index in [2.05, 4.69) is 4.98 Å². The van der Waals surface area contributed by atoms with E-state index in [0.29, 0.717) is 18.2 Å². The molecule has 3 aromatic rings. The van der Waals surface area contributed by atoms with Crippen LogP contribution >= 0.6 is 11.6 Å². The molecule has 0 atom stereocenters. The summed E-state index contributed by atoms with van der Waals surface area (Å²) in [5, 5.41) is 12.5. The summed E-state index contributed by atoms with van der Waals surface area (Å²) in [5.74, 6) is 0. The molecule has 0 aliphatic heterocycles. The van der Waals surface area contributed by atoms with Gasteiger partial charge in [0.1, 0.15) is 5.58 Å². The Balaban J connectivity index is 2.05. The molecule has 23 heavy (non-hydrogen) atoms. The third-order valence-corrected chi connectivity index (χ3v) is 4.79. The number of nitrogens with zero attached hydrogens (tertiary/aromatic N) is 1. The van der Waals surface area contributed by atoms with Crippen molar-refractivity contribution < 1.29 is 14.2 Å². The Hall–Kier alpha value is -1.56. The summed E-state index contributed by atoms with van der Waals surface area (Å²) in [7, 11) is 0.364. The SMILES string of the molecule is CC(C)(O)C(C)(C)OBc1cccc2oc3c(Cl)nccc3c12. The second-order valence-corrected chi connectivity index (χ2v) is 7.09. The van der Waals surface area contributed by atoms with Gasteiger partial charge in [-0.2, -0.15) is 0 Å². The monoisotopic (exact) mass is 331 g/mol. The smallest absolute Gasteiger partial charge is 0.310 e. The predicted molar refractivity (Wildman–Crippen MR) is 94.8 cm³/mol. The number of aromatic nitrogens is 1. The molecule has 0 amide bonds. The van der Waals surface area contributed by atoms with Crippen LogP contribution in [0.4, 0.5) is 0 Å². The topological polar surface area (TPSA) is 55.5 Å². The molecule has 120 valence electrons. The van der Waals surface area contributed by atoms with E-state index in [0.717, 1.165) is 21.8 Å². The van der Waals surface area contributed by atoms with Crippen molar-refractivity contribution in [2.45, 2.75) is 38.9 Å². The van der Waals surface area contributed by atoms with Gasteiger partial charge in [0.15, 0.2) is 10.7 Å². The maximum atomic E-state index is 10.2. The van der Waals surface area contributed by atoms with Crippen molar-refractivity contribution in [2.75, 3.05) is 0 Å². The van der Waals surface area contributed by atoms with Crippen LogP contribution in [0.1, 0.15) is 27.7 Å². The maximum absolute atomic E-state index is 10.2. The Morgan fingerprint density at radius 2 is 1.96 bits per heavy atom. The lowest BCUT2D eigenvalue weighted by atomic mass is 9.80. The average Bonchev–Trinajstić information content (AvgIpc) is 2.85. The number of pyridine rings is 1. The van der Waals surface area contributed by atoms with Gasteiger partial charge in [-0.25, -0.2) is 4.98 Å². The first-order valence-electron chi connectivity index (χ1n) is 7.52. The summed E-state index contributed by atoms with van der Waals surface area (Å²) in [6.45, 7) is 7.24. The number of aliphatic hydroxyl groups is 1. The largest absolute Gasteiger partial charge is 0.453 e. The van der Waals surface area contributed by atoms with Gasteiger partial charge in [0.05, 0.1) is 11.2 Å². The summed E-state index contributed by atoms with van der Waals surface area (Å²) >= 11 is 6.12. The van der Waals surface area contributed by atoms with Crippen molar-refractivity contribution in [1.82, 2.24) is 4.98 Å². The molecule has 0 unspecified atom stereocenters. The molecule has 4 nitrogen and oxygen atoms in total. The first-order chi connectivity index (χ1) is 10.7. The van der Waals surface area contributed by atoms with Crippen molar-refractivity contribution in [3.63, 3.8) is 0 Å². The van der Waals surface area contributed by atoms with Crippen molar-refractivity contribution in [2.24, 2.45) is 0 Å². The number of furan rings is 1. The number of fused-ring (bicyclic) bond motifs is 3. The first-order valence-corrected chi connectivity index (χ1v) is 7.89. The Bertz CT molecular complexity index is 867. The fourth-order valence-electron chi connectivity index (χ4n) is 2.35. The molecular formula is C17H19BClNO3. The molecule has 2 heterocycles. The molecule has 0 spiro atoms. The van der Waals surface area contributed by atoms with Gasteiger partial charge in [0, 0.05) is 17.0 Å². The van der Waals surface area contributed by atoms with Crippen LogP contribution in [-0.4, -0.2) is 28.8 Å². The second-order valence-electron chi connectivity index (χ2n) is 6.73. The first kappa shape index (κ1) is 16.3. The Labute approximate surface area is 140 Å². The maximum Gasteiger partial charge on any atom is 0.310 e. The molecule has 0 aliphatic carbocycles. The number of hydrogen-bond donors (Lipinski definition) is 1. The van der Waals surface area contributed by atoms with E-state index in [9.17, 15) is 5.11 Å². The molecule has 0 fully saturated rings. The molecule has 0 radical (unpaired) electrons. The van der Waals surface area contributed by atoms with Gasteiger partial charge >= 0.3 is 7.48 Å². The van der Waals surface area contributed by atoms with Gasteiger partial charge in [-0.1, -0.05) is 23.7 Å². The number of benzene rings is 1. The highest BCUT2D eigenvalue weighted by atomic mass is 35.5. The van der Waals surface area contributed by atoms with E-state index in [1.165, 1.54) is 0 Å². The third-order valence-electron chi connectivity index (χ3n) is 4.52. The van der Waals surface area contributed by atoms with E-state index in [1.807, 2.05) is 38.1 Å². The van der Waals surface area contributed by atoms with Crippen molar-refractivity contribution in [3.8, 4) is 0 Å². The lowest BCUT2D eigenvalue weighted by Crippen LogP contribution is -2.49. The van der Waals surface area contributed by atoms with Crippen LogP contribution in [0.3, 0.4) is 0 Å². The quantitative estimate of drug-likeness (QED) is 0.589. The average molecular weight is 332 g/mol. The lowest BCUT2D eigenvalue weighted by molar-refractivity contribution is -0.0893. The highest BCUT2D eigenvalue weighted by molar-refractivity contribution is 6.53. The van der Waals surface area contributed by atoms with Crippen LogP contribution < -0.4 is 5.46 Å². The third kappa shape index (κ3) is 2.85. The summed E-state index contributed by atoms with van der Waals surface area (Å²) in [6, 6.07) is 7.70. The van der Waals surface area contributed by atoms with Crippen LogP contribution in [0.15, 0.2) is 34.9 Å². The van der Waals surface area contributed by atoms with E-state index >= 15 is 0 Å². The molecule has 3 rings (SSSR count). The standard InChI is InChI=1S/C17H19BClNO3/c1-16(2,21)17(3,4)23-18-11-6-5-7-12-13(11)10-8-9-20-15(19)14(10)22-12/h5-9,18,21H,1-4H3.